The molecule has 0 rings (SSSR count). The molecule has 12 heavy (non-hydrogen) atoms. The van der Waals surface area contributed by atoms with Crippen LogP contribution < -0.4 is 5.32 Å². The fourth-order valence-electron chi connectivity index (χ4n) is 0.881. The molecule has 0 aliphatic rings. The summed E-state index contributed by atoms with van der Waals surface area (Å²) >= 11 is 0. The molecule has 0 saturated heterocycles. The van der Waals surface area contributed by atoms with Gasteiger partial charge in [0, 0.05) is 19.8 Å². The first-order valence-corrected chi connectivity index (χ1v) is 4.78. The van der Waals surface area contributed by atoms with Crippen LogP contribution >= 0.6 is 0 Å². The van der Waals surface area contributed by atoms with Crippen LogP contribution in [0.4, 0.5) is 0 Å². The molecule has 0 aliphatic heterocycles. The molecule has 1 N–H and O–H groups in total. The van der Waals surface area contributed by atoms with E-state index in [1.54, 1.807) is 0 Å². The highest BCUT2D eigenvalue weighted by molar-refractivity contribution is 4.53. The highest BCUT2D eigenvalue weighted by Crippen LogP contribution is 1.83. The number of nitrogens with one attached hydrogen (secondary N) is 1. The molecule has 0 unspecified atom stereocenters. The summed E-state index contributed by atoms with van der Waals surface area (Å²) in [4.78, 5) is 4.62. The minimum absolute atomic E-state index is 0.994. The van der Waals surface area contributed by atoms with Gasteiger partial charge in [0.2, 0.25) is 0 Å². The lowest BCUT2D eigenvalue weighted by molar-refractivity contribution is 0.252. The molecule has 0 aliphatic carbocycles. The van der Waals surface area contributed by atoms with Gasteiger partial charge < -0.3 is 10.2 Å². The van der Waals surface area contributed by atoms with E-state index in [1.807, 2.05) is 0 Å². The van der Waals surface area contributed by atoms with Crippen LogP contribution in [0.2, 0.25) is 0 Å². The van der Waals surface area contributed by atoms with Gasteiger partial charge in [-0.15, -0.1) is 0 Å². The van der Waals surface area contributed by atoms with Crippen LogP contribution in [-0.2, 0) is 0 Å². The molecule has 0 atom stereocenters. The quantitative estimate of drug-likeness (QED) is 0.564. The molecule has 0 amide bonds. The zero-order valence-corrected chi connectivity index (χ0v) is 8.93. The molecular weight excluding hydrogens is 150 g/mol. The zero-order chi connectivity index (χ0) is 9.40. The molecule has 3 heteroatoms. The second-order valence-electron chi connectivity index (χ2n) is 3.24. The van der Waals surface area contributed by atoms with Crippen molar-refractivity contribution in [2.24, 2.45) is 0 Å². The Morgan fingerprint density at radius 3 is 2.08 bits per heavy atom. The molecular formula is C9H23N3. The molecule has 0 aromatic carbocycles. The van der Waals surface area contributed by atoms with Crippen LogP contribution in [0, 0.1) is 0 Å². The van der Waals surface area contributed by atoms with Crippen molar-refractivity contribution in [1.82, 2.24) is 15.1 Å². The maximum atomic E-state index is 3.30. The van der Waals surface area contributed by atoms with Crippen LogP contribution in [0.25, 0.3) is 0 Å². The third-order valence-electron chi connectivity index (χ3n) is 2.03. The van der Waals surface area contributed by atoms with Gasteiger partial charge in [-0.25, -0.2) is 0 Å². The van der Waals surface area contributed by atoms with Crippen LogP contribution in [0.15, 0.2) is 0 Å². The topological polar surface area (TPSA) is 18.5 Å². The van der Waals surface area contributed by atoms with Crippen LogP contribution in [0.1, 0.15) is 13.8 Å². The molecule has 74 valence electrons. The average Bonchev–Trinajstić information content (AvgIpc) is 2.10. The second kappa shape index (κ2) is 7.53. The lowest BCUT2D eigenvalue weighted by Crippen LogP contribution is -2.36. The molecule has 0 spiro atoms. The van der Waals surface area contributed by atoms with E-state index < -0.39 is 0 Å². The Balaban J connectivity index is 3.24. The van der Waals surface area contributed by atoms with Gasteiger partial charge in [0.1, 0.15) is 0 Å². The summed E-state index contributed by atoms with van der Waals surface area (Å²) in [6.07, 6.45) is 0. The van der Waals surface area contributed by atoms with Crippen molar-refractivity contribution in [1.29, 1.82) is 0 Å². The first-order valence-electron chi connectivity index (χ1n) is 4.78. The van der Waals surface area contributed by atoms with Crippen molar-refractivity contribution < 1.29 is 0 Å². The number of likely N-dealkylation sites (N-methyl/N-ethyl adjacent to an activating group) is 2. The van der Waals surface area contributed by atoms with E-state index in [-0.39, 0.29) is 0 Å². The second-order valence-corrected chi connectivity index (χ2v) is 3.24. The Hall–Kier alpha value is -0.120. The van der Waals surface area contributed by atoms with Gasteiger partial charge >= 0.3 is 0 Å². The van der Waals surface area contributed by atoms with E-state index in [9.17, 15) is 0 Å². The average molecular weight is 173 g/mol. The smallest absolute Gasteiger partial charge is 0.0478 e. The third-order valence-corrected chi connectivity index (χ3v) is 2.03. The van der Waals surface area contributed by atoms with Gasteiger partial charge in [-0.3, -0.25) is 4.90 Å². The molecule has 0 bridgehead atoms. The third kappa shape index (κ3) is 6.58. The molecule has 0 aromatic rings. The predicted molar refractivity (Wildman–Crippen MR) is 54.3 cm³/mol. The van der Waals surface area contributed by atoms with E-state index in [1.165, 1.54) is 0 Å². The van der Waals surface area contributed by atoms with Gasteiger partial charge in [0.05, 0.1) is 0 Å². The van der Waals surface area contributed by atoms with Crippen molar-refractivity contribution in [2.75, 3.05) is 46.9 Å². The van der Waals surface area contributed by atoms with Crippen molar-refractivity contribution in [3.63, 3.8) is 0 Å². The Morgan fingerprint density at radius 2 is 1.58 bits per heavy atom. The minimum atomic E-state index is 0.994. The predicted octanol–water partition coefficient (Wildman–Crippen LogP) is 0.437. The summed E-state index contributed by atoms with van der Waals surface area (Å²) in [7, 11) is 4.30. The summed E-state index contributed by atoms with van der Waals surface area (Å²) in [5.41, 5.74) is 0. The molecule has 0 heterocycles. The molecule has 3 nitrogen and oxygen atoms in total. The molecule has 0 saturated carbocycles. The Kier molecular flexibility index (Phi) is 7.45. The lowest BCUT2D eigenvalue weighted by atomic mass is 10.5. The summed E-state index contributed by atoms with van der Waals surface area (Å²) in [5, 5.41) is 3.30. The number of hydrogen-bond acceptors (Lipinski definition) is 3. The van der Waals surface area contributed by atoms with Gasteiger partial charge in [0.25, 0.3) is 0 Å². The Morgan fingerprint density at radius 1 is 1.00 bits per heavy atom. The largest absolute Gasteiger partial charge is 0.305 e. The van der Waals surface area contributed by atoms with E-state index >= 15 is 0 Å². The first-order chi connectivity index (χ1) is 5.70. The van der Waals surface area contributed by atoms with Crippen LogP contribution in [-0.4, -0.2) is 56.7 Å². The minimum Gasteiger partial charge on any atom is -0.305 e. The number of nitrogens with zero attached hydrogens (tertiary/aromatic N) is 2. The van der Waals surface area contributed by atoms with Crippen molar-refractivity contribution >= 4 is 0 Å². The van der Waals surface area contributed by atoms with Crippen molar-refractivity contribution in [3.8, 4) is 0 Å². The van der Waals surface area contributed by atoms with Gasteiger partial charge in [-0.1, -0.05) is 13.8 Å². The Labute approximate surface area is 76.7 Å². The van der Waals surface area contributed by atoms with Gasteiger partial charge in [-0.2, -0.15) is 0 Å². The summed E-state index contributed by atoms with van der Waals surface area (Å²) in [6.45, 7) is 9.78. The fraction of sp³-hybridized carbons (Fsp3) is 1.00. The number of hydrogen-bond donors (Lipinski definition) is 1. The summed E-state index contributed by atoms with van der Waals surface area (Å²) < 4.78 is 0. The van der Waals surface area contributed by atoms with Gasteiger partial charge in [0.15, 0.2) is 0 Å². The zero-order valence-electron chi connectivity index (χ0n) is 8.93. The maximum Gasteiger partial charge on any atom is 0.0478 e. The van der Waals surface area contributed by atoms with Crippen molar-refractivity contribution in [2.45, 2.75) is 13.8 Å². The SMILES string of the molecule is CCNCN(C)CCN(C)CC. The highest BCUT2D eigenvalue weighted by Gasteiger charge is 1.98. The summed E-state index contributed by atoms with van der Waals surface area (Å²) in [6, 6.07) is 0. The van der Waals surface area contributed by atoms with E-state index in [2.05, 4.69) is 43.1 Å². The normalized spacial score (nSPS) is 11.5. The Bertz CT molecular complexity index is 95.8. The number of rotatable bonds is 7. The standard InChI is InChI=1S/C9H23N3/c1-5-10-9-12(4)8-7-11(3)6-2/h10H,5-9H2,1-4H3. The lowest BCUT2D eigenvalue weighted by Gasteiger charge is -2.20. The van der Waals surface area contributed by atoms with Gasteiger partial charge in [-0.05, 0) is 27.2 Å². The van der Waals surface area contributed by atoms with Crippen LogP contribution in [0.5, 0.6) is 0 Å². The monoisotopic (exact) mass is 173 g/mol. The van der Waals surface area contributed by atoms with E-state index in [0.717, 1.165) is 32.8 Å². The fourth-order valence-corrected chi connectivity index (χ4v) is 0.881. The molecule has 0 fully saturated rings. The highest BCUT2D eigenvalue weighted by atomic mass is 15.2. The van der Waals surface area contributed by atoms with E-state index in [0.29, 0.717) is 0 Å². The van der Waals surface area contributed by atoms with E-state index in [4.69, 9.17) is 0 Å². The molecule has 0 aromatic heterocycles. The summed E-state index contributed by atoms with van der Waals surface area (Å²) in [5.74, 6) is 0. The maximum absolute atomic E-state index is 3.30. The van der Waals surface area contributed by atoms with Crippen molar-refractivity contribution in [3.05, 3.63) is 0 Å². The first kappa shape index (κ1) is 11.9. The van der Waals surface area contributed by atoms with Crippen LogP contribution in [0.3, 0.4) is 0 Å². The molecule has 0 radical (unpaired) electrons.